The number of aromatic nitrogens is 2. The Morgan fingerprint density at radius 2 is 1.76 bits per heavy atom. The maximum atomic E-state index is 5.88. The maximum absolute atomic E-state index is 5.88. The second-order valence-corrected chi connectivity index (χ2v) is 5.19. The van der Waals surface area contributed by atoms with Crippen molar-refractivity contribution in [2.24, 2.45) is 0 Å². The monoisotopic (exact) mass is 298 g/mol. The molecular formula is C16H15ClN4. The van der Waals surface area contributed by atoms with E-state index >= 15 is 0 Å². The molecule has 0 atom stereocenters. The SMILES string of the molecule is Nc1nc(NCCc2ccc(Cl)cc2)c2ccccc2n1. The maximum Gasteiger partial charge on any atom is 0.222 e. The lowest BCUT2D eigenvalue weighted by atomic mass is 10.1. The highest BCUT2D eigenvalue weighted by atomic mass is 35.5. The lowest BCUT2D eigenvalue weighted by molar-refractivity contribution is 1.01. The first-order valence-corrected chi connectivity index (χ1v) is 7.11. The number of halogens is 1. The number of hydrogen-bond acceptors (Lipinski definition) is 4. The van der Waals surface area contributed by atoms with Gasteiger partial charge in [0.2, 0.25) is 5.95 Å². The molecule has 106 valence electrons. The van der Waals surface area contributed by atoms with Crippen molar-refractivity contribution < 1.29 is 0 Å². The van der Waals surface area contributed by atoms with E-state index in [0.29, 0.717) is 0 Å². The molecular weight excluding hydrogens is 284 g/mol. The molecule has 0 aliphatic rings. The molecule has 0 saturated carbocycles. The summed E-state index contributed by atoms with van der Waals surface area (Å²) in [5, 5.41) is 5.05. The molecule has 0 spiro atoms. The molecule has 4 nitrogen and oxygen atoms in total. The van der Waals surface area contributed by atoms with Crippen LogP contribution in [0.1, 0.15) is 5.56 Å². The molecule has 0 aliphatic carbocycles. The first-order chi connectivity index (χ1) is 10.2. The number of fused-ring (bicyclic) bond motifs is 1. The van der Waals surface area contributed by atoms with Gasteiger partial charge in [0.1, 0.15) is 5.82 Å². The summed E-state index contributed by atoms with van der Waals surface area (Å²) in [6.07, 6.45) is 0.884. The smallest absolute Gasteiger partial charge is 0.222 e. The molecule has 1 aromatic heterocycles. The normalized spacial score (nSPS) is 10.7. The number of rotatable bonds is 4. The fraction of sp³-hybridized carbons (Fsp3) is 0.125. The molecule has 2 aromatic carbocycles. The summed E-state index contributed by atoms with van der Waals surface area (Å²) < 4.78 is 0. The van der Waals surface area contributed by atoms with Crippen LogP contribution in [0.25, 0.3) is 10.9 Å². The van der Waals surface area contributed by atoms with E-state index < -0.39 is 0 Å². The molecule has 0 saturated heterocycles. The zero-order valence-corrected chi connectivity index (χ0v) is 12.1. The van der Waals surface area contributed by atoms with E-state index in [-0.39, 0.29) is 5.95 Å². The highest BCUT2D eigenvalue weighted by Gasteiger charge is 2.05. The number of anilines is 2. The largest absolute Gasteiger partial charge is 0.369 e. The summed E-state index contributed by atoms with van der Waals surface area (Å²) in [5.74, 6) is 1.05. The van der Waals surface area contributed by atoms with E-state index in [0.717, 1.165) is 34.7 Å². The second-order valence-electron chi connectivity index (χ2n) is 4.75. The van der Waals surface area contributed by atoms with Gasteiger partial charge in [-0.05, 0) is 36.2 Å². The van der Waals surface area contributed by atoms with E-state index in [2.05, 4.69) is 15.3 Å². The summed E-state index contributed by atoms with van der Waals surface area (Å²) in [5.41, 5.74) is 7.81. The number of nitrogens with zero attached hydrogens (tertiary/aromatic N) is 2. The zero-order valence-electron chi connectivity index (χ0n) is 11.4. The van der Waals surface area contributed by atoms with Crippen molar-refractivity contribution in [1.29, 1.82) is 0 Å². The van der Waals surface area contributed by atoms with Crippen LogP contribution in [0.5, 0.6) is 0 Å². The summed E-state index contributed by atoms with van der Waals surface area (Å²) in [6, 6.07) is 15.7. The van der Waals surface area contributed by atoms with Gasteiger partial charge in [-0.3, -0.25) is 0 Å². The van der Waals surface area contributed by atoms with E-state index in [1.54, 1.807) is 0 Å². The zero-order chi connectivity index (χ0) is 14.7. The third-order valence-corrected chi connectivity index (χ3v) is 3.49. The molecule has 1 heterocycles. The number of nitrogens with two attached hydrogens (primary N) is 1. The molecule has 0 fully saturated rings. The van der Waals surface area contributed by atoms with Crippen LogP contribution in [-0.4, -0.2) is 16.5 Å². The van der Waals surface area contributed by atoms with Crippen molar-refractivity contribution in [3.8, 4) is 0 Å². The van der Waals surface area contributed by atoms with E-state index in [1.807, 2.05) is 48.5 Å². The Morgan fingerprint density at radius 1 is 1.00 bits per heavy atom. The highest BCUT2D eigenvalue weighted by molar-refractivity contribution is 6.30. The van der Waals surface area contributed by atoms with Gasteiger partial charge in [0.05, 0.1) is 5.52 Å². The predicted octanol–water partition coefficient (Wildman–Crippen LogP) is 3.52. The standard InChI is InChI=1S/C16H15ClN4/c17-12-7-5-11(6-8-12)9-10-19-15-13-3-1-2-4-14(13)20-16(18)21-15/h1-8H,9-10H2,(H3,18,19,20,21). The number of para-hydroxylation sites is 1. The molecule has 3 aromatic rings. The highest BCUT2D eigenvalue weighted by Crippen LogP contribution is 2.20. The van der Waals surface area contributed by atoms with E-state index in [9.17, 15) is 0 Å². The minimum absolute atomic E-state index is 0.280. The fourth-order valence-corrected chi connectivity index (χ4v) is 2.33. The molecule has 0 amide bonds. The van der Waals surface area contributed by atoms with Crippen LogP contribution in [-0.2, 0) is 6.42 Å². The topological polar surface area (TPSA) is 63.8 Å². The van der Waals surface area contributed by atoms with Gasteiger partial charge in [0.15, 0.2) is 0 Å². The predicted molar refractivity (Wildman–Crippen MR) is 87.6 cm³/mol. The number of benzene rings is 2. The van der Waals surface area contributed by atoms with Gasteiger partial charge in [-0.2, -0.15) is 4.98 Å². The van der Waals surface area contributed by atoms with Crippen LogP contribution in [0.4, 0.5) is 11.8 Å². The fourth-order valence-electron chi connectivity index (χ4n) is 2.21. The first-order valence-electron chi connectivity index (χ1n) is 6.73. The van der Waals surface area contributed by atoms with Crippen molar-refractivity contribution in [2.75, 3.05) is 17.6 Å². The number of hydrogen-bond donors (Lipinski definition) is 2. The second kappa shape index (κ2) is 5.97. The summed E-state index contributed by atoms with van der Waals surface area (Å²) in [6.45, 7) is 0.766. The van der Waals surface area contributed by atoms with Crippen LogP contribution in [0.15, 0.2) is 48.5 Å². The van der Waals surface area contributed by atoms with Crippen LogP contribution < -0.4 is 11.1 Å². The van der Waals surface area contributed by atoms with Crippen LogP contribution in [0, 0.1) is 0 Å². The Morgan fingerprint density at radius 3 is 2.57 bits per heavy atom. The van der Waals surface area contributed by atoms with Gasteiger partial charge in [-0.15, -0.1) is 0 Å². The Balaban J connectivity index is 1.74. The van der Waals surface area contributed by atoms with Crippen molar-refractivity contribution in [3.63, 3.8) is 0 Å². The Kier molecular flexibility index (Phi) is 3.88. The van der Waals surface area contributed by atoms with Gasteiger partial charge in [-0.25, -0.2) is 4.98 Å². The lowest BCUT2D eigenvalue weighted by Gasteiger charge is -2.09. The van der Waals surface area contributed by atoms with Crippen molar-refractivity contribution in [2.45, 2.75) is 6.42 Å². The van der Waals surface area contributed by atoms with Gasteiger partial charge in [0, 0.05) is 17.0 Å². The van der Waals surface area contributed by atoms with E-state index in [1.165, 1.54) is 5.56 Å². The van der Waals surface area contributed by atoms with Gasteiger partial charge in [-0.1, -0.05) is 35.9 Å². The van der Waals surface area contributed by atoms with Gasteiger partial charge >= 0.3 is 0 Å². The molecule has 0 bridgehead atoms. The van der Waals surface area contributed by atoms with Crippen molar-refractivity contribution in [1.82, 2.24) is 9.97 Å². The number of nitrogen functional groups attached to an aromatic ring is 1. The average Bonchev–Trinajstić information content (AvgIpc) is 2.49. The van der Waals surface area contributed by atoms with Crippen molar-refractivity contribution in [3.05, 3.63) is 59.1 Å². The van der Waals surface area contributed by atoms with Crippen molar-refractivity contribution >= 4 is 34.3 Å². The molecule has 21 heavy (non-hydrogen) atoms. The molecule has 0 unspecified atom stereocenters. The number of nitrogens with one attached hydrogen (secondary N) is 1. The average molecular weight is 299 g/mol. The summed E-state index contributed by atoms with van der Waals surface area (Å²) in [7, 11) is 0. The minimum atomic E-state index is 0.280. The quantitative estimate of drug-likeness (QED) is 0.773. The van der Waals surface area contributed by atoms with E-state index in [4.69, 9.17) is 17.3 Å². The Hall–Kier alpha value is -2.33. The summed E-state index contributed by atoms with van der Waals surface area (Å²) >= 11 is 5.88. The lowest BCUT2D eigenvalue weighted by Crippen LogP contribution is -2.08. The molecule has 3 rings (SSSR count). The molecule has 3 N–H and O–H groups in total. The first kappa shape index (κ1) is 13.6. The van der Waals surface area contributed by atoms with Crippen LogP contribution in [0.2, 0.25) is 5.02 Å². The third kappa shape index (κ3) is 3.23. The molecule has 0 aliphatic heterocycles. The minimum Gasteiger partial charge on any atom is -0.369 e. The van der Waals surface area contributed by atoms with Gasteiger partial charge in [0.25, 0.3) is 0 Å². The van der Waals surface area contributed by atoms with Crippen LogP contribution >= 0.6 is 11.6 Å². The van der Waals surface area contributed by atoms with Crippen LogP contribution in [0.3, 0.4) is 0 Å². The van der Waals surface area contributed by atoms with Gasteiger partial charge < -0.3 is 11.1 Å². The Labute approximate surface area is 128 Å². The molecule has 0 radical (unpaired) electrons. The summed E-state index contributed by atoms with van der Waals surface area (Å²) in [4.78, 5) is 8.51. The Bertz CT molecular complexity index is 756. The molecule has 5 heteroatoms. The third-order valence-electron chi connectivity index (χ3n) is 3.24.